The van der Waals surface area contributed by atoms with E-state index in [-0.39, 0.29) is 17.5 Å². The van der Waals surface area contributed by atoms with Gasteiger partial charge in [-0.2, -0.15) is 0 Å². The van der Waals surface area contributed by atoms with Crippen molar-refractivity contribution in [2.45, 2.75) is 44.6 Å². The van der Waals surface area contributed by atoms with Crippen LogP contribution in [0.1, 0.15) is 49.5 Å². The molecule has 1 amide bonds. The third-order valence-electron chi connectivity index (χ3n) is 6.30. The highest BCUT2D eigenvalue weighted by molar-refractivity contribution is 5.77. The van der Waals surface area contributed by atoms with Gasteiger partial charge in [-0.05, 0) is 50.6 Å². The summed E-state index contributed by atoms with van der Waals surface area (Å²) in [5.41, 5.74) is 1.66. The maximum absolute atomic E-state index is 12.6. The van der Waals surface area contributed by atoms with Gasteiger partial charge >= 0.3 is 0 Å². The minimum absolute atomic E-state index is 0.00930. The number of H-pyrrole nitrogens is 1. The largest absolute Gasteiger partial charge is 0.496 e. The third kappa shape index (κ3) is 5.79. The maximum Gasteiger partial charge on any atom is 0.258 e. The summed E-state index contributed by atoms with van der Waals surface area (Å²) >= 11 is 0. The lowest BCUT2D eigenvalue weighted by atomic mass is 10.0. The molecule has 174 valence electrons. The Kier molecular flexibility index (Phi) is 7.73. The second-order valence-electron chi connectivity index (χ2n) is 8.54. The third-order valence-corrected chi connectivity index (χ3v) is 6.30. The summed E-state index contributed by atoms with van der Waals surface area (Å²) in [6.07, 6.45) is 5.17. The van der Waals surface area contributed by atoms with Crippen molar-refractivity contribution in [2.75, 3.05) is 26.7 Å². The van der Waals surface area contributed by atoms with Crippen molar-refractivity contribution in [3.05, 3.63) is 70.3 Å². The number of benzene rings is 2. The van der Waals surface area contributed by atoms with Crippen LogP contribution in [0.4, 0.5) is 0 Å². The lowest BCUT2D eigenvalue weighted by molar-refractivity contribution is -0.121. The lowest BCUT2D eigenvalue weighted by Gasteiger charge is -2.35. The monoisotopic (exact) mass is 448 g/mol. The smallest absolute Gasteiger partial charge is 0.258 e. The van der Waals surface area contributed by atoms with Gasteiger partial charge in [0.1, 0.15) is 11.6 Å². The Balaban J connectivity index is 1.35. The average Bonchev–Trinajstić information content (AvgIpc) is 2.85. The number of hydrogen-bond acceptors (Lipinski definition) is 5. The number of para-hydroxylation sites is 2. The molecule has 4 rings (SSSR count). The molecule has 1 fully saturated rings. The van der Waals surface area contributed by atoms with Crippen molar-refractivity contribution in [2.24, 2.45) is 0 Å². The van der Waals surface area contributed by atoms with Crippen LogP contribution in [-0.2, 0) is 11.2 Å². The number of aryl methyl sites for hydroxylation is 1. The number of hydrogen-bond donors (Lipinski definition) is 2. The van der Waals surface area contributed by atoms with Gasteiger partial charge in [-0.1, -0.05) is 36.8 Å². The Morgan fingerprint density at radius 1 is 1.12 bits per heavy atom. The fourth-order valence-corrected chi connectivity index (χ4v) is 4.58. The molecule has 1 aliphatic rings. The number of methoxy groups -OCH3 is 1. The number of nitrogens with one attached hydrogen (secondary N) is 2. The van der Waals surface area contributed by atoms with Gasteiger partial charge in [0.05, 0.1) is 24.1 Å². The van der Waals surface area contributed by atoms with E-state index < -0.39 is 0 Å². The van der Waals surface area contributed by atoms with Crippen LogP contribution in [0.25, 0.3) is 10.9 Å². The van der Waals surface area contributed by atoms with Gasteiger partial charge in [-0.15, -0.1) is 0 Å². The number of nitrogens with zero attached hydrogens (tertiary/aromatic N) is 2. The standard InChI is InChI=1S/C26H32N4O3/c1-33-23-13-6-4-11-20(23)22(30-16-7-2-8-17-30)18-27-25(31)15-9-14-24-28-21-12-5-3-10-19(21)26(32)29-24/h3-6,10-13,22H,2,7-9,14-18H2,1H3,(H,27,31)(H,28,29,32)/t22-/m0/s1. The summed E-state index contributed by atoms with van der Waals surface area (Å²) < 4.78 is 5.60. The lowest BCUT2D eigenvalue weighted by Crippen LogP contribution is -2.40. The van der Waals surface area contributed by atoms with Crippen molar-refractivity contribution in [3.63, 3.8) is 0 Å². The quantitative estimate of drug-likeness (QED) is 0.522. The number of rotatable bonds is 9. The molecule has 7 nitrogen and oxygen atoms in total. The molecule has 33 heavy (non-hydrogen) atoms. The van der Waals surface area contributed by atoms with Crippen molar-refractivity contribution < 1.29 is 9.53 Å². The summed E-state index contributed by atoms with van der Waals surface area (Å²) in [6.45, 7) is 2.60. The highest BCUT2D eigenvalue weighted by atomic mass is 16.5. The highest BCUT2D eigenvalue weighted by Crippen LogP contribution is 2.30. The Bertz CT molecular complexity index is 1140. The molecule has 3 aromatic rings. The topological polar surface area (TPSA) is 87.3 Å². The summed E-state index contributed by atoms with van der Waals surface area (Å²) in [4.78, 5) is 34.7. The molecule has 1 saturated heterocycles. The number of carbonyl (C=O) groups excluding carboxylic acids is 1. The summed E-state index contributed by atoms with van der Waals surface area (Å²) in [7, 11) is 1.69. The van der Waals surface area contributed by atoms with Gasteiger partial charge < -0.3 is 15.0 Å². The normalized spacial score (nSPS) is 15.3. The molecule has 1 aliphatic heterocycles. The van der Waals surface area contributed by atoms with Crippen LogP contribution in [0.5, 0.6) is 5.75 Å². The van der Waals surface area contributed by atoms with Crippen LogP contribution in [0.2, 0.25) is 0 Å². The van der Waals surface area contributed by atoms with E-state index in [4.69, 9.17) is 4.74 Å². The van der Waals surface area contributed by atoms with E-state index in [0.717, 1.165) is 24.4 Å². The van der Waals surface area contributed by atoms with Crippen molar-refractivity contribution in [1.82, 2.24) is 20.2 Å². The zero-order chi connectivity index (χ0) is 23.0. The van der Waals surface area contributed by atoms with Crippen molar-refractivity contribution in [3.8, 4) is 5.75 Å². The molecule has 0 bridgehead atoms. The van der Waals surface area contributed by atoms with Crippen LogP contribution >= 0.6 is 0 Å². The molecule has 0 aliphatic carbocycles. The second-order valence-corrected chi connectivity index (χ2v) is 8.54. The van der Waals surface area contributed by atoms with E-state index in [0.29, 0.717) is 42.5 Å². The number of amides is 1. The molecule has 0 radical (unpaired) electrons. The predicted octanol–water partition coefficient (Wildman–Crippen LogP) is 3.60. The first kappa shape index (κ1) is 23.0. The molecule has 2 N–H and O–H groups in total. The molecular weight excluding hydrogens is 416 g/mol. The van der Waals surface area contributed by atoms with Gasteiger partial charge in [-0.3, -0.25) is 14.5 Å². The Hall–Kier alpha value is -3.19. The molecule has 1 aromatic heterocycles. The number of likely N-dealkylation sites (tertiary alicyclic amines) is 1. The van der Waals surface area contributed by atoms with Crippen molar-refractivity contribution in [1.29, 1.82) is 0 Å². The van der Waals surface area contributed by atoms with Crippen LogP contribution < -0.4 is 15.6 Å². The van der Waals surface area contributed by atoms with Crippen LogP contribution in [0.3, 0.4) is 0 Å². The second kappa shape index (κ2) is 11.1. The first-order chi connectivity index (χ1) is 16.2. The Labute approximate surface area is 194 Å². The zero-order valence-corrected chi connectivity index (χ0v) is 19.2. The van der Waals surface area contributed by atoms with E-state index in [9.17, 15) is 9.59 Å². The van der Waals surface area contributed by atoms with Crippen LogP contribution in [0.15, 0.2) is 53.3 Å². The van der Waals surface area contributed by atoms with Gasteiger partial charge in [0.15, 0.2) is 0 Å². The first-order valence-corrected chi connectivity index (χ1v) is 11.8. The summed E-state index contributed by atoms with van der Waals surface area (Å²) in [6, 6.07) is 15.4. The average molecular weight is 449 g/mol. The summed E-state index contributed by atoms with van der Waals surface area (Å²) in [5.74, 6) is 1.48. The first-order valence-electron chi connectivity index (χ1n) is 11.8. The van der Waals surface area contributed by atoms with Gasteiger partial charge in [0.25, 0.3) is 5.56 Å². The van der Waals surface area contributed by atoms with Crippen LogP contribution in [0, 0.1) is 0 Å². The van der Waals surface area contributed by atoms with Gasteiger partial charge in [0, 0.05) is 24.9 Å². The predicted molar refractivity (Wildman–Crippen MR) is 129 cm³/mol. The minimum atomic E-state index is -0.138. The molecule has 2 aromatic carbocycles. The van der Waals surface area contributed by atoms with E-state index in [1.807, 2.05) is 36.4 Å². The number of aromatic amines is 1. The number of aromatic nitrogens is 2. The molecule has 2 heterocycles. The Morgan fingerprint density at radius 3 is 2.70 bits per heavy atom. The van der Waals surface area contributed by atoms with Gasteiger partial charge in [0.2, 0.25) is 5.91 Å². The SMILES string of the molecule is COc1ccccc1[C@H](CNC(=O)CCCc1nc2ccccc2c(=O)[nH]1)N1CCCCC1. The fraction of sp³-hybridized carbons (Fsp3) is 0.423. The molecule has 1 atom stereocenters. The van der Waals surface area contributed by atoms with E-state index in [2.05, 4.69) is 26.3 Å². The van der Waals surface area contributed by atoms with Crippen LogP contribution in [-0.4, -0.2) is 47.5 Å². The van der Waals surface area contributed by atoms with Crippen molar-refractivity contribution >= 4 is 16.8 Å². The highest BCUT2D eigenvalue weighted by Gasteiger charge is 2.25. The number of carbonyl (C=O) groups is 1. The van der Waals surface area contributed by atoms with E-state index in [1.165, 1.54) is 19.3 Å². The van der Waals surface area contributed by atoms with E-state index >= 15 is 0 Å². The molecule has 0 unspecified atom stereocenters. The Morgan fingerprint density at radius 2 is 1.88 bits per heavy atom. The molecule has 7 heteroatoms. The molecule has 0 saturated carbocycles. The van der Waals surface area contributed by atoms with E-state index in [1.54, 1.807) is 13.2 Å². The number of piperidine rings is 1. The van der Waals surface area contributed by atoms with Gasteiger partial charge in [-0.25, -0.2) is 4.98 Å². The summed E-state index contributed by atoms with van der Waals surface area (Å²) in [5, 5.41) is 3.71. The maximum atomic E-state index is 12.6. The molecular formula is C26H32N4O3. The minimum Gasteiger partial charge on any atom is -0.496 e. The zero-order valence-electron chi connectivity index (χ0n) is 19.2. The molecule has 0 spiro atoms. The number of fused-ring (bicyclic) bond motifs is 1. The number of ether oxygens (including phenoxy) is 1. The fourth-order valence-electron chi connectivity index (χ4n) is 4.58.